The molecule has 4 aromatic heterocycles. The van der Waals surface area contributed by atoms with E-state index in [2.05, 4.69) is 20.3 Å². The maximum absolute atomic E-state index is 13.7. The Hall–Kier alpha value is -4.53. The van der Waals surface area contributed by atoms with Gasteiger partial charge >= 0.3 is 0 Å². The van der Waals surface area contributed by atoms with Crippen LogP contribution in [-0.2, 0) is 13.1 Å². The summed E-state index contributed by atoms with van der Waals surface area (Å²) >= 11 is 0. The molecule has 186 valence electrons. The van der Waals surface area contributed by atoms with E-state index in [9.17, 15) is 13.6 Å². The standard InChI is InChI=1S/C28H24F2N6O/c1-17(2)25-24(28(37)34-14-18-9-10-21(29)22(30)13-18)20-15-33-26(23-8-4-6-12-32-23)35-27(20)36(25)16-19-7-3-5-11-31-19/h3-13,15,17H,14,16H2,1-2H3,(H,34,37). The van der Waals surface area contributed by atoms with E-state index in [0.717, 1.165) is 23.5 Å². The quantitative estimate of drug-likeness (QED) is 0.331. The van der Waals surface area contributed by atoms with Gasteiger partial charge in [0.05, 0.1) is 23.2 Å². The maximum Gasteiger partial charge on any atom is 0.254 e. The van der Waals surface area contributed by atoms with Crippen LogP contribution in [0.3, 0.4) is 0 Å². The van der Waals surface area contributed by atoms with E-state index in [-0.39, 0.29) is 18.4 Å². The summed E-state index contributed by atoms with van der Waals surface area (Å²) < 4.78 is 29.0. The first-order chi connectivity index (χ1) is 17.9. The van der Waals surface area contributed by atoms with Gasteiger partial charge in [-0.05, 0) is 47.9 Å². The Morgan fingerprint density at radius 2 is 1.76 bits per heavy atom. The fourth-order valence-corrected chi connectivity index (χ4v) is 4.33. The number of halogens is 2. The molecule has 0 unspecified atom stereocenters. The topological polar surface area (TPSA) is 85.6 Å². The van der Waals surface area contributed by atoms with Crippen molar-refractivity contribution in [3.8, 4) is 11.5 Å². The first-order valence-electron chi connectivity index (χ1n) is 11.8. The Balaban J connectivity index is 1.62. The molecule has 1 amide bonds. The van der Waals surface area contributed by atoms with Gasteiger partial charge in [0.25, 0.3) is 5.91 Å². The Kier molecular flexibility index (Phi) is 6.68. The monoisotopic (exact) mass is 498 g/mol. The zero-order valence-corrected chi connectivity index (χ0v) is 20.3. The van der Waals surface area contributed by atoms with Crippen LogP contribution in [-0.4, -0.2) is 30.4 Å². The van der Waals surface area contributed by atoms with Crippen LogP contribution in [0.15, 0.2) is 73.2 Å². The van der Waals surface area contributed by atoms with Crippen LogP contribution in [0.2, 0.25) is 0 Å². The lowest BCUT2D eigenvalue weighted by Gasteiger charge is -2.15. The second kappa shape index (κ2) is 10.2. The summed E-state index contributed by atoms with van der Waals surface area (Å²) in [6.07, 6.45) is 5.03. The Morgan fingerprint density at radius 3 is 2.43 bits per heavy atom. The second-order valence-electron chi connectivity index (χ2n) is 8.90. The molecular weight excluding hydrogens is 474 g/mol. The van der Waals surface area contributed by atoms with E-state index in [1.807, 2.05) is 54.8 Å². The number of carbonyl (C=O) groups excluding carboxylic acids is 1. The van der Waals surface area contributed by atoms with E-state index in [1.54, 1.807) is 18.6 Å². The number of benzene rings is 1. The van der Waals surface area contributed by atoms with Crippen molar-refractivity contribution in [1.29, 1.82) is 0 Å². The lowest BCUT2D eigenvalue weighted by atomic mass is 10.0. The highest BCUT2D eigenvalue weighted by Crippen LogP contribution is 2.32. The van der Waals surface area contributed by atoms with Crippen LogP contribution in [0, 0.1) is 11.6 Å². The van der Waals surface area contributed by atoms with Gasteiger partial charge in [-0.15, -0.1) is 0 Å². The number of fused-ring (bicyclic) bond motifs is 1. The highest BCUT2D eigenvalue weighted by Gasteiger charge is 2.26. The molecule has 0 bridgehead atoms. The predicted octanol–water partition coefficient (Wildman–Crippen LogP) is 5.27. The van der Waals surface area contributed by atoms with Gasteiger partial charge < -0.3 is 9.88 Å². The molecular formula is C28H24F2N6O. The third kappa shape index (κ3) is 4.93. The van der Waals surface area contributed by atoms with E-state index in [1.165, 1.54) is 6.07 Å². The summed E-state index contributed by atoms with van der Waals surface area (Å²) in [7, 11) is 0. The number of nitrogens with one attached hydrogen (secondary N) is 1. The van der Waals surface area contributed by atoms with Gasteiger partial charge in [0.15, 0.2) is 17.5 Å². The minimum absolute atomic E-state index is 0.0351. The molecule has 7 nitrogen and oxygen atoms in total. The van der Waals surface area contributed by atoms with Crippen molar-refractivity contribution < 1.29 is 13.6 Å². The van der Waals surface area contributed by atoms with Crippen LogP contribution < -0.4 is 5.32 Å². The molecule has 5 rings (SSSR count). The maximum atomic E-state index is 13.7. The van der Waals surface area contributed by atoms with Crippen molar-refractivity contribution in [1.82, 2.24) is 29.8 Å². The molecule has 0 fully saturated rings. The Morgan fingerprint density at radius 1 is 0.973 bits per heavy atom. The SMILES string of the molecule is CC(C)c1c(C(=O)NCc2ccc(F)c(F)c2)c2cnc(-c3ccccn3)nc2n1Cc1ccccn1. The molecule has 1 N–H and O–H groups in total. The summed E-state index contributed by atoms with van der Waals surface area (Å²) in [6, 6.07) is 14.7. The molecule has 0 saturated carbocycles. The van der Waals surface area contributed by atoms with Gasteiger partial charge in [-0.3, -0.25) is 14.8 Å². The summed E-state index contributed by atoms with van der Waals surface area (Å²) in [4.78, 5) is 31.7. The molecule has 0 atom stereocenters. The number of hydrogen-bond donors (Lipinski definition) is 1. The van der Waals surface area contributed by atoms with Gasteiger partial charge in [-0.2, -0.15) is 0 Å². The molecule has 0 saturated heterocycles. The highest BCUT2D eigenvalue weighted by atomic mass is 19.2. The largest absolute Gasteiger partial charge is 0.348 e. The van der Waals surface area contributed by atoms with Gasteiger partial charge in [0.1, 0.15) is 11.3 Å². The zero-order valence-electron chi connectivity index (χ0n) is 20.3. The van der Waals surface area contributed by atoms with Crippen LogP contribution in [0.1, 0.15) is 47.1 Å². The number of nitrogens with zero attached hydrogens (tertiary/aromatic N) is 5. The van der Waals surface area contributed by atoms with Crippen molar-refractivity contribution in [3.05, 3.63) is 107 Å². The first kappa shape index (κ1) is 24.2. The molecule has 37 heavy (non-hydrogen) atoms. The normalized spacial score (nSPS) is 11.3. The van der Waals surface area contributed by atoms with Crippen LogP contribution in [0.5, 0.6) is 0 Å². The van der Waals surface area contributed by atoms with Gasteiger partial charge in [0.2, 0.25) is 0 Å². The van der Waals surface area contributed by atoms with E-state index in [4.69, 9.17) is 4.98 Å². The molecule has 0 aliphatic rings. The van der Waals surface area contributed by atoms with Crippen LogP contribution >= 0.6 is 0 Å². The van der Waals surface area contributed by atoms with Crippen molar-refractivity contribution in [3.63, 3.8) is 0 Å². The molecule has 0 aliphatic carbocycles. The third-order valence-electron chi connectivity index (χ3n) is 5.99. The van der Waals surface area contributed by atoms with Crippen molar-refractivity contribution in [2.45, 2.75) is 32.9 Å². The number of carbonyl (C=O) groups is 1. The average molecular weight is 499 g/mol. The lowest BCUT2D eigenvalue weighted by Crippen LogP contribution is -2.24. The Bertz CT molecular complexity index is 1570. The molecule has 1 aromatic carbocycles. The van der Waals surface area contributed by atoms with Gasteiger partial charge in [-0.25, -0.2) is 18.7 Å². The Labute approximate surface area is 212 Å². The minimum Gasteiger partial charge on any atom is -0.348 e. The number of hydrogen-bond acceptors (Lipinski definition) is 5. The molecule has 4 heterocycles. The van der Waals surface area contributed by atoms with Crippen LogP contribution in [0.4, 0.5) is 8.78 Å². The highest BCUT2D eigenvalue weighted by molar-refractivity contribution is 6.08. The summed E-state index contributed by atoms with van der Waals surface area (Å²) in [5, 5.41) is 3.43. The zero-order chi connectivity index (χ0) is 25.9. The second-order valence-corrected chi connectivity index (χ2v) is 8.90. The fraction of sp³-hybridized carbons (Fsp3) is 0.179. The number of amides is 1. The predicted molar refractivity (Wildman–Crippen MR) is 136 cm³/mol. The van der Waals surface area contributed by atoms with E-state index >= 15 is 0 Å². The number of pyridine rings is 2. The first-order valence-corrected chi connectivity index (χ1v) is 11.8. The summed E-state index contributed by atoms with van der Waals surface area (Å²) in [5.41, 5.74) is 3.68. The number of rotatable bonds is 7. The van der Waals surface area contributed by atoms with Crippen LogP contribution in [0.25, 0.3) is 22.6 Å². The molecule has 9 heteroatoms. The number of aromatic nitrogens is 5. The van der Waals surface area contributed by atoms with E-state index in [0.29, 0.717) is 40.2 Å². The summed E-state index contributed by atoms with van der Waals surface area (Å²) in [6.45, 7) is 4.44. The van der Waals surface area contributed by atoms with Gasteiger partial charge in [0, 0.05) is 30.8 Å². The third-order valence-corrected chi connectivity index (χ3v) is 5.99. The van der Waals surface area contributed by atoms with Gasteiger partial charge in [-0.1, -0.05) is 32.0 Å². The lowest BCUT2D eigenvalue weighted by molar-refractivity contribution is 0.0951. The molecule has 0 aliphatic heterocycles. The smallest absolute Gasteiger partial charge is 0.254 e. The fourth-order valence-electron chi connectivity index (χ4n) is 4.33. The van der Waals surface area contributed by atoms with Crippen molar-refractivity contribution >= 4 is 16.9 Å². The minimum atomic E-state index is -0.961. The molecule has 0 radical (unpaired) electrons. The van der Waals surface area contributed by atoms with E-state index < -0.39 is 11.6 Å². The molecule has 0 spiro atoms. The average Bonchev–Trinajstić information content (AvgIpc) is 3.24. The molecule has 5 aromatic rings. The van der Waals surface area contributed by atoms with Crippen molar-refractivity contribution in [2.75, 3.05) is 0 Å². The summed E-state index contributed by atoms with van der Waals surface area (Å²) in [5.74, 6) is -1.85. The van der Waals surface area contributed by atoms with Crippen molar-refractivity contribution in [2.24, 2.45) is 0 Å².